The van der Waals surface area contributed by atoms with Gasteiger partial charge in [0.05, 0.1) is 0 Å². The Kier molecular flexibility index (Phi) is 3.28. The van der Waals surface area contributed by atoms with Crippen molar-refractivity contribution in [3.05, 3.63) is 29.3 Å². The maximum atomic E-state index is 2.34. The zero-order valence-corrected chi connectivity index (χ0v) is 7.56. The van der Waals surface area contributed by atoms with Gasteiger partial charge in [-0.25, -0.2) is 6.07 Å². The fourth-order valence-corrected chi connectivity index (χ4v) is 1.44. The van der Waals surface area contributed by atoms with Crippen LogP contribution in [0.5, 0.6) is 0 Å². The fraction of sp³-hybridized carbons (Fsp3) is 0.545. The second-order valence-corrected chi connectivity index (χ2v) is 3.13. The van der Waals surface area contributed by atoms with Gasteiger partial charge in [0.2, 0.25) is 0 Å². The molecule has 62 valence electrons. The lowest BCUT2D eigenvalue weighted by molar-refractivity contribution is 0.911. The molecule has 0 amide bonds. The lowest BCUT2D eigenvalue weighted by atomic mass is 10.1. The SMILES string of the molecule is CCCc1c[cH-]c(CCC)c1. The van der Waals surface area contributed by atoms with E-state index in [1.165, 1.54) is 36.8 Å². The van der Waals surface area contributed by atoms with E-state index in [0.717, 1.165) is 0 Å². The molecule has 0 heteroatoms. The van der Waals surface area contributed by atoms with Crippen LogP contribution in [0.15, 0.2) is 18.2 Å². The van der Waals surface area contributed by atoms with Gasteiger partial charge >= 0.3 is 0 Å². The summed E-state index contributed by atoms with van der Waals surface area (Å²) < 4.78 is 0. The lowest BCUT2D eigenvalue weighted by Gasteiger charge is -2.00. The van der Waals surface area contributed by atoms with Gasteiger partial charge in [-0.05, 0) is 0 Å². The standard InChI is InChI=1S/C11H17/c1-3-5-10-7-8-11(9-10)6-4-2/h7-9H,3-6H2,1-2H3/q-1. The van der Waals surface area contributed by atoms with E-state index in [0.29, 0.717) is 0 Å². The molecule has 11 heavy (non-hydrogen) atoms. The Morgan fingerprint density at radius 3 is 2.55 bits per heavy atom. The molecule has 0 aromatic heterocycles. The second-order valence-electron chi connectivity index (χ2n) is 3.13. The zero-order chi connectivity index (χ0) is 8.10. The van der Waals surface area contributed by atoms with Crippen LogP contribution in [-0.2, 0) is 12.8 Å². The van der Waals surface area contributed by atoms with Gasteiger partial charge in [-0.2, -0.15) is 23.3 Å². The Morgan fingerprint density at radius 1 is 1.18 bits per heavy atom. The number of hydrogen-bond donors (Lipinski definition) is 0. The summed E-state index contributed by atoms with van der Waals surface area (Å²) in [6.07, 6.45) is 5.00. The molecule has 0 heterocycles. The molecule has 1 rings (SSSR count). The molecule has 0 aliphatic heterocycles. The smallest absolute Gasteiger partial charge is 0.0517 e. The predicted octanol–water partition coefficient (Wildman–Crippen LogP) is 3.31. The molecule has 0 saturated carbocycles. The van der Waals surface area contributed by atoms with Gasteiger partial charge in [-0.1, -0.05) is 39.5 Å². The number of aryl methyl sites for hydroxylation is 2. The number of hydrogen-bond acceptors (Lipinski definition) is 0. The molecule has 0 fully saturated rings. The van der Waals surface area contributed by atoms with Crippen LogP contribution >= 0.6 is 0 Å². The van der Waals surface area contributed by atoms with Crippen LogP contribution in [0.4, 0.5) is 0 Å². The van der Waals surface area contributed by atoms with E-state index >= 15 is 0 Å². The quantitative estimate of drug-likeness (QED) is 0.576. The minimum atomic E-state index is 1.24. The molecule has 0 aliphatic carbocycles. The molecule has 0 unspecified atom stereocenters. The van der Waals surface area contributed by atoms with Crippen molar-refractivity contribution in [1.29, 1.82) is 0 Å². The molecule has 0 radical (unpaired) electrons. The van der Waals surface area contributed by atoms with Gasteiger partial charge in [0.1, 0.15) is 0 Å². The van der Waals surface area contributed by atoms with E-state index in [1.54, 1.807) is 0 Å². The average molecular weight is 149 g/mol. The van der Waals surface area contributed by atoms with E-state index < -0.39 is 0 Å². The summed E-state index contributed by atoms with van der Waals surface area (Å²) in [5.74, 6) is 0. The van der Waals surface area contributed by atoms with Crippen LogP contribution in [0.25, 0.3) is 0 Å². The van der Waals surface area contributed by atoms with Crippen molar-refractivity contribution < 1.29 is 0 Å². The normalized spacial score (nSPS) is 10.4. The first kappa shape index (κ1) is 8.45. The van der Waals surface area contributed by atoms with Gasteiger partial charge in [-0.3, -0.25) is 0 Å². The highest BCUT2D eigenvalue weighted by Gasteiger charge is 1.86. The molecule has 0 spiro atoms. The van der Waals surface area contributed by atoms with E-state index in [2.05, 4.69) is 32.0 Å². The highest BCUT2D eigenvalue weighted by atomic mass is 14.0. The molecule has 0 nitrogen and oxygen atoms in total. The molecule has 0 N–H and O–H groups in total. The van der Waals surface area contributed by atoms with Crippen LogP contribution in [0.2, 0.25) is 0 Å². The highest BCUT2D eigenvalue weighted by molar-refractivity contribution is 5.26. The van der Waals surface area contributed by atoms with E-state index in [-0.39, 0.29) is 0 Å². The van der Waals surface area contributed by atoms with Crippen LogP contribution in [0.1, 0.15) is 37.8 Å². The molecule has 0 saturated heterocycles. The summed E-state index contributed by atoms with van der Waals surface area (Å²) in [5.41, 5.74) is 3.02. The Bertz CT molecular complexity index is 175. The molecule has 0 bridgehead atoms. The lowest BCUT2D eigenvalue weighted by Crippen LogP contribution is -1.78. The van der Waals surface area contributed by atoms with Crippen molar-refractivity contribution >= 4 is 0 Å². The van der Waals surface area contributed by atoms with Crippen molar-refractivity contribution in [3.8, 4) is 0 Å². The van der Waals surface area contributed by atoms with Crippen molar-refractivity contribution in [2.45, 2.75) is 39.5 Å². The Morgan fingerprint density at radius 2 is 1.91 bits per heavy atom. The summed E-state index contributed by atoms with van der Waals surface area (Å²) >= 11 is 0. The van der Waals surface area contributed by atoms with E-state index in [9.17, 15) is 0 Å². The van der Waals surface area contributed by atoms with Gasteiger partial charge in [0.25, 0.3) is 0 Å². The third kappa shape index (κ3) is 2.45. The second kappa shape index (κ2) is 4.27. The first-order valence-corrected chi connectivity index (χ1v) is 4.61. The van der Waals surface area contributed by atoms with Crippen molar-refractivity contribution in [2.75, 3.05) is 0 Å². The van der Waals surface area contributed by atoms with Gasteiger partial charge in [0.15, 0.2) is 0 Å². The van der Waals surface area contributed by atoms with Crippen LogP contribution in [0.3, 0.4) is 0 Å². The maximum Gasteiger partial charge on any atom is -0.0517 e. The molecule has 0 atom stereocenters. The largest absolute Gasteiger partial charge is 0.207 e. The van der Waals surface area contributed by atoms with Crippen molar-refractivity contribution in [2.24, 2.45) is 0 Å². The zero-order valence-electron chi connectivity index (χ0n) is 7.56. The van der Waals surface area contributed by atoms with Crippen molar-refractivity contribution in [3.63, 3.8) is 0 Å². The summed E-state index contributed by atoms with van der Waals surface area (Å²) in [6.45, 7) is 4.46. The van der Waals surface area contributed by atoms with Gasteiger partial charge in [-0.15, -0.1) is 0 Å². The van der Waals surface area contributed by atoms with Crippen LogP contribution in [-0.4, -0.2) is 0 Å². The highest BCUT2D eigenvalue weighted by Crippen LogP contribution is 2.11. The molecule has 1 aromatic carbocycles. The summed E-state index contributed by atoms with van der Waals surface area (Å²) in [6, 6.07) is 6.86. The molecule has 1 aromatic rings. The van der Waals surface area contributed by atoms with Crippen LogP contribution < -0.4 is 0 Å². The molecular weight excluding hydrogens is 132 g/mol. The van der Waals surface area contributed by atoms with Gasteiger partial charge in [0, 0.05) is 0 Å². The van der Waals surface area contributed by atoms with E-state index in [1.807, 2.05) is 0 Å². The van der Waals surface area contributed by atoms with Crippen molar-refractivity contribution in [1.82, 2.24) is 0 Å². The van der Waals surface area contributed by atoms with Gasteiger partial charge < -0.3 is 0 Å². The summed E-state index contributed by atoms with van der Waals surface area (Å²) in [5, 5.41) is 0. The monoisotopic (exact) mass is 149 g/mol. The van der Waals surface area contributed by atoms with E-state index in [4.69, 9.17) is 0 Å². The topological polar surface area (TPSA) is 0 Å². The predicted molar refractivity (Wildman–Crippen MR) is 50.0 cm³/mol. The third-order valence-electron chi connectivity index (χ3n) is 1.96. The first-order chi connectivity index (χ1) is 5.36. The average Bonchev–Trinajstić information content (AvgIpc) is 2.38. The fourth-order valence-electron chi connectivity index (χ4n) is 1.44. The first-order valence-electron chi connectivity index (χ1n) is 4.61. The number of rotatable bonds is 4. The Hall–Kier alpha value is -0.650. The summed E-state index contributed by atoms with van der Waals surface area (Å²) in [7, 11) is 0. The summed E-state index contributed by atoms with van der Waals surface area (Å²) in [4.78, 5) is 0. The Balaban J connectivity index is 2.51. The Labute approximate surface area is 69.6 Å². The van der Waals surface area contributed by atoms with Crippen LogP contribution in [0, 0.1) is 0 Å². The maximum absolute atomic E-state index is 2.34. The molecular formula is C11H17-. The molecule has 0 aliphatic rings. The third-order valence-corrected chi connectivity index (χ3v) is 1.96. The minimum Gasteiger partial charge on any atom is -0.207 e. The minimum absolute atomic E-state index is 1.24.